The Morgan fingerprint density at radius 1 is 1.11 bits per heavy atom. The largest absolute Gasteiger partial charge is 0.356 e. The molecule has 0 aromatic heterocycles. The molecule has 0 heterocycles. The Bertz CT molecular complexity index is 206. The van der Waals surface area contributed by atoms with E-state index < -0.39 is 0 Å². The van der Waals surface area contributed by atoms with E-state index in [2.05, 4.69) is 10.6 Å². The monoisotopic (exact) mass is 276 g/mol. The predicted molar refractivity (Wildman–Crippen MR) is 79.2 cm³/mol. The first-order chi connectivity index (χ1) is 8.33. The molecule has 0 atom stereocenters. The van der Waals surface area contributed by atoms with Crippen LogP contribution >= 0.6 is 12.4 Å². The molecule has 1 amide bonds. The van der Waals surface area contributed by atoms with Crippen molar-refractivity contribution in [1.82, 2.24) is 10.6 Å². The molecule has 0 unspecified atom stereocenters. The minimum absolute atomic E-state index is 0. The van der Waals surface area contributed by atoms with Gasteiger partial charge >= 0.3 is 0 Å². The Kier molecular flexibility index (Phi) is 11.6. The third-order valence-electron chi connectivity index (χ3n) is 3.67. The van der Waals surface area contributed by atoms with Crippen molar-refractivity contribution in [3.05, 3.63) is 0 Å². The minimum atomic E-state index is 0. The molecule has 2 N–H and O–H groups in total. The third kappa shape index (κ3) is 8.76. The van der Waals surface area contributed by atoms with E-state index in [4.69, 9.17) is 0 Å². The smallest absolute Gasteiger partial charge is 0.220 e. The van der Waals surface area contributed by atoms with Crippen LogP contribution in [0.1, 0.15) is 57.8 Å². The van der Waals surface area contributed by atoms with Gasteiger partial charge in [-0.25, -0.2) is 0 Å². The van der Waals surface area contributed by atoms with Gasteiger partial charge in [0.15, 0.2) is 0 Å². The fourth-order valence-electron chi connectivity index (χ4n) is 2.61. The average molecular weight is 277 g/mol. The van der Waals surface area contributed by atoms with Crippen molar-refractivity contribution in [2.75, 3.05) is 20.1 Å². The summed E-state index contributed by atoms with van der Waals surface area (Å²) in [6.45, 7) is 1.80. The second-order valence-electron chi connectivity index (χ2n) is 5.20. The highest BCUT2D eigenvalue weighted by Gasteiger charge is 2.12. The van der Waals surface area contributed by atoms with Crippen LogP contribution in [0, 0.1) is 5.92 Å². The molecule has 1 aliphatic carbocycles. The highest BCUT2D eigenvalue weighted by Crippen LogP contribution is 2.26. The number of halogens is 1. The van der Waals surface area contributed by atoms with Gasteiger partial charge < -0.3 is 10.6 Å². The van der Waals surface area contributed by atoms with Gasteiger partial charge in [0.1, 0.15) is 0 Å². The molecule has 0 bridgehead atoms. The number of hydrogen-bond acceptors (Lipinski definition) is 2. The van der Waals surface area contributed by atoms with Gasteiger partial charge in [0.05, 0.1) is 0 Å². The fourth-order valence-corrected chi connectivity index (χ4v) is 2.61. The average Bonchev–Trinajstić information content (AvgIpc) is 2.36. The van der Waals surface area contributed by atoms with Gasteiger partial charge in [-0.2, -0.15) is 0 Å². The molecule has 1 aliphatic rings. The van der Waals surface area contributed by atoms with E-state index in [-0.39, 0.29) is 18.3 Å². The van der Waals surface area contributed by atoms with E-state index in [1.165, 1.54) is 38.5 Å². The molecule has 1 fully saturated rings. The van der Waals surface area contributed by atoms with Crippen LogP contribution in [0.25, 0.3) is 0 Å². The number of amides is 1. The molecule has 0 radical (unpaired) electrons. The zero-order valence-corrected chi connectivity index (χ0v) is 12.5. The van der Waals surface area contributed by atoms with Gasteiger partial charge in [-0.1, -0.05) is 32.1 Å². The van der Waals surface area contributed by atoms with Crippen LogP contribution in [0.2, 0.25) is 0 Å². The van der Waals surface area contributed by atoms with Gasteiger partial charge in [0.2, 0.25) is 5.91 Å². The van der Waals surface area contributed by atoms with Crippen molar-refractivity contribution in [2.24, 2.45) is 5.92 Å². The molecule has 0 aliphatic heterocycles. The maximum Gasteiger partial charge on any atom is 0.220 e. The second-order valence-corrected chi connectivity index (χ2v) is 5.20. The summed E-state index contributed by atoms with van der Waals surface area (Å²) in [7, 11) is 1.92. The van der Waals surface area contributed by atoms with Gasteiger partial charge in [0, 0.05) is 13.0 Å². The fraction of sp³-hybridized carbons (Fsp3) is 0.929. The summed E-state index contributed by atoms with van der Waals surface area (Å²) < 4.78 is 0. The minimum Gasteiger partial charge on any atom is -0.356 e. The number of nitrogens with one attached hydrogen (secondary N) is 2. The summed E-state index contributed by atoms with van der Waals surface area (Å²) in [5.74, 6) is 1.15. The zero-order valence-electron chi connectivity index (χ0n) is 11.7. The first-order valence-electron chi connectivity index (χ1n) is 7.24. The number of carbonyl (C=O) groups excluding carboxylic acids is 1. The lowest BCUT2D eigenvalue weighted by atomic mass is 9.86. The van der Waals surface area contributed by atoms with Crippen LogP contribution in [0.15, 0.2) is 0 Å². The first kappa shape index (κ1) is 17.7. The zero-order chi connectivity index (χ0) is 12.3. The standard InChI is InChI=1S/C14H28N2O.ClH/c1-15-11-6-10-14(17)16-12-5-9-13-7-3-2-4-8-13;/h13,15H,2-12H2,1H3,(H,16,17);1H. The van der Waals surface area contributed by atoms with Crippen molar-refractivity contribution in [3.8, 4) is 0 Å². The maximum atomic E-state index is 11.4. The van der Waals surface area contributed by atoms with Gasteiger partial charge in [-0.3, -0.25) is 4.79 Å². The normalized spacial score (nSPS) is 16.1. The highest BCUT2D eigenvalue weighted by atomic mass is 35.5. The van der Waals surface area contributed by atoms with Crippen LogP contribution in [-0.4, -0.2) is 26.0 Å². The summed E-state index contributed by atoms with van der Waals surface area (Å²) in [5, 5.41) is 6.07. The van der Waals surface area contributed by atoms with Gasteiger partial charge in [-0.05, 0) is 38.8 Å². The summed E-state index contributed by atoms with van der Waals surface area (Å²) in [5.41, 5.74) is 0. The van der Waals surface area contributed by atoms with E-state index in [0.717, 1.165) is 31.8 Å². The van der Waals surface area contributed by atoms with E-state index in [9.17, 15) is 4.79 Å². The molecule has 0 saturated heterocycles. The molecule has 0 aromatic carbocycles. The molecule has 18 heavy (non-hydrogen) atoms. The molecule has 3 nitrogen and oxygen atoms in total. The molecular weight excluding hydrogens is 248 g/mol. The Labute approximate surface area is 118 Å². The molecule has 0 spiro atoms. The number of carbonyl (C=O) groups is 1. The molecule has 0 aromatic rings. The molecule has 1 saturated carbocycles. The van der Waals surface area contributed by atoms with E-state index in [1.807, 2.05) is 7.05 Å². The lowest BCUT2D eigenvalue weighted by molar-refractivity contribution is -0.121. The topological polar surface area (TPSA) is 41.1 Å². The Morgan fingerprint density at radius 3 is 2.50 bits per heavy atom. The quantitative estimate of drug-likeness (QED) is 0.670. The van der Waals surface area contributed by atoms with E-state index >= 15 is 0 Å². The Morgan fingerprint density at radius 2 is 1.83 bits per heavy atom. The van der Waals surface area contributed by atoms with E-state index in [0.29, 0.717) is 6.42 Å². The number of rotatable bonds is 8. The lowest BCUT2D eigenvalue weighted by Gasteiger charge is -2.21. The van der Waals surface area contributed by atoms with Crippen LogP contribution in [-0.2, 0) is 4.79 Å². The first-order valence-corrected chi connectivity index (χ1v) is 7.24. The second kappa shape index (κ2) is 11.8. The van der Waals surface area contributed by atoms with Crippen LogP contribution < -0.4 is 10.6 Å². The van der Waals surface area contributed by atoms with Crippen molar-refractivity contribution in [3.63, 3.8) is 0 Å². The molecule has 108 valence electrons. The summed E-state index contributed by atoms with van der Waals surface area (Å²) in [6, 6.07) is 0. The summed E-state index contributed by atoms with van der Waals surface area (Å²) >= 11 is 0. The van der Waals surface area contributed by atoms with Gasteiger partial charge in [-0.15, -0.1) is 12.4 Å². The molecule has 4 heteroatoms. The lowest BCUT2D eigenvalue weighted by Crippen LogP contribution is -2.25. The summed E-state index contributed by atoms with van der Waals surface area (Å²) in [4.78, 5) is 11.4. The third-order valence-corrected chi connectivity index (χ3v) is 3.67. The van der Waals surface area contributed by atoms with E-state index in [1.54, 1.807) is 0 Å². The van der Waals surface area contributed by atoms with Crippen LogP contribution in [0.5, 0.6) is 0 Å². The van der Waals surface area contributed by atoms with Crippen LogP contribution in [0.3, 0.4) is 0 Å². The molecule has 1 rings (SSSR count). The molecular formula is C14H29ClN2O. The van der Waals surface area contributed by atoms with Crippen molar-refractivity contribution >= 4 is 18.3 Å². The van der Waals surface area contributed by atoms with Crippen molar-refractivity contribution in [1.29, 1.82) is 0 Å². The Hall–Kier alpha value is -0.280. The number of hydrogen-bond donors (Lipinski definition) is 2. The highest BCUT2D eigenvalue weighted by molar-refractivity contribution is 5.85. The SMILES string of the molecule is CNCCCC(=O)NCCCC1CCCCC1.Cl. The van der Waals surface area contributed by atoms with Crippen molar-refractivity contribution in [2.45, 2.75) is 57.8 Å². The Balaban J connectivity index is 0.00000289. The van der Waals surface area contributed by atoms with Crippen LogP contribution in [0.4, 0.5) is 0 Å². The predicted octanol–water partition coefficient (Wildman–Crippen LogP) is 2.88. The summed E-state index contributed by atoms with van der Waals surface area (Å²) in [6.07, 6.45) is 11.1. The van der Waals surface area contributed by atoms with Gasteiger partial charge in [0.25, 0.3) is 0 Å². The maximum absolute atomic E-state index is 11.4. The van der Waals surface area contributed by atoms with Crippen molar-refractivity contribution < 1.29 is 4.79 Å².